The van der Waals surface area contributed by atoms with Crippen LogP contribution in [0.15, 0.2) is 60.7 Å². The second-order valence-corrected chi connectivity index (χ2v) is 4.26. The number of nitrogens with two attached hydrogens (primary N) is 1. The maximum absolute atomic E-state index is 13.4. The van der Waals surface area contributed by atoms with Crippen LogP contribution in [0.2, 0.25) is 0 Å². The van der Waals surface area contributed by atoms with E-state index in [1.54, 1.807) is 6.07 Å². The Balaban J connectivity index is 2.35. The Bertz CT molecular complexity index is 714. The minimum absolute atomic E-state index is 0.271. The average Bonchev–Trinajstić information content (AvgIpc) is 2.41. The van der Waals surface area contributed by atoms with Crippen LogP contribution in [0, 0.1) is 5.82 Å². The molecule has 0 fully saturated rings. The fraction of sp³-hybridized carbons (Fsp3) is 0. The van der Waals surface area contributed by atoms with Crippen LogP contribution >= 0.6 is 0 Å². The summed E-state index contributed by atoms with van der Waals surface area (Å²) in [4.78, 5) is 0. The number of anilines is 1. The topological polar surface area (TPSA) is 26.0 Å². The van der Waals surface area contributed by atoms with E-state index < -0.39 is 0 Å². The second kappa shape index (κ2) is 4.15. The molecule has 0 heterocycles. The molecule has 2 heteroatoms. The molecule has 2 N–H and O–H groups in total. The lowest BCUT2D eigenvalue weighted by Gasteiger charge is -2.09. The van der Waals surface area contributed by atoms with Gasteiger partial charge in [0.1, 0.15) is 5.82 Å². The lowest BCUT2D eigenvalue weighted by Crippen LogP contribution is -1.91. The van der Waals surface area contributed by atoms with Crippen LogP contribution in [0.3, 0.4) is 0 Å². The van der Waals surface area contributed by atoms with Gasteiger partial charge in [0.25, 0.3) is 0 Å². The molecule has 3 aromatic rings. The molecule has 0 unspecified atom stereocenters. The Labute approximate surface area is 105 Å². The van der Waals surface area contributed by atoms with Gasteiger partial charge in [0.05, 0.1) is 0 Å². The molecular weight excluding hydrogens is 225 g/mol. The summed E-state index contributed by atoms with van der Waals surface area (Å²) in [6.45, 7) is 0. The summed E-state index contributed by atoms with van der Waals surface area (Å²) in [5.41, 5.74) is 8.24. The van der Waals surface area contributed by atoms with E-state index in [1.165, 1.54) is 12.1 Å². The first-order chi connectivity index (χ1) is 8.75. The lowest BCUT2D eigenvalue weighted by molar-refractivity contribution is 0.628. The van der Waals surface area contributed by atoms with E-state index in [1.807, 2.05) is 42.5 Å². The molecule has 0 radical (unpaired) electrons. The van der Waals surface area contributed by atoms with E-state index >= 15 is 0 Å². The molecule has 0 saturated heterocycles. The highest BCUT2D eigenvalue weighted by Crippen LogP contribution is 2.32. The minimum atomic E-state index is -0.271. The Hall–Kier alpha value is -2.35. The number of halogens is 1. The predicted octanol–water partition coefficient (Wildman–Crippen LogP) is 4.23. The number of benzene rings is 3. The van der Waals surface area contributed by atoms with Gasteiger partial charge in [-0.25, -0.2) is 4.39 Å². The molecule has 3 aromatic carbocycles. The number of fused-ring (bicyclic) bond motifs is 1. The van der Waals surface area contributed by atoms with Crippen LogP contribution in [0.25, 0.3) is 21.9 Å². The second-order valence-electron chi connectivity index (χ2n) is 4.26. The third-order valence-corrected chi connectivity index (χ3v) is 3.10. The highest BCUT2D eigenvalue weighted by Gasteiger charge is 2.07. The maximum Gasteiger partial charge on any atom is 0.123 e. The van der Waals surface area contributed by atoms with E-state index in [4.69, 9.17) is 5.73 Å². The van der Waals surface area contributed by atoms with Crippen LogP contribution < -0.4 is 5.73 Å². The largest absolute Gasteiger partial charge is 0.398 e. The summed E-state index contributed by atoms with van der Waals surface area (Å²) in [6, 6.07) is 18.4. The standard InChI is InChI=1S/C16H12FN/c17-12-8-9-16(18)15(10-12)14-7-3-5-11-4-1-2-6-13(11)14/h1-10H,18H2. The molecule has 0 saturated carbocycles. The molecule has 1 nitrogen and oxygen atoms in total. The molecule has 3 rings (SSSR count). The average molecular weight is 237 g/mol. The quantitative estimate of drug-likeness (QED) is 0.630. The third-order valence-electron chi connectivity index (χ3n) is 3.10. The van der Waals surface area contributed by atoms with Crippen molar-refractivity contribution < 1.29 is 4.39 Å². The van der Waals surface area contributed by atoms with Crippen molar-refractivity contribution in [3.63, 3.8) is 0 Å². The first-order valence-corrected chi connectivity index (χ1v) is 5.79. The van der Waals surface area contributed by atoms with Gasteiger partial charge in [0.15, 0.2) is 0 Å². The van der Waals surface area contributed by atoms with Crippen LogP contribution in [-0.2, 0) is 0 Å². The maximum atomic E-state index is 13.4. The normalized spacial score (nSPS) is 10.7. The van der Waals surface area contributed by atoms with Crippen LogP contribution in [-0.4, -0.2) is 0 Å². The molecule has 18 heavy (non-hydrogen) atoms. The Kier molecular flexibility index (Phi) is 2.49. The molecule has 0 amide bonds. The highest BCUT2D eigenvalue weighted by molar-refractivity contribution is 5.99. The molecule has 0 aliphatic heterocycles. The zero-order chi connectivity index (χ0) is 12.5. The number of nitrogen functional groups attached to an aromatic ring is 1. The van der Waals surface area contributed by atoms with Crippen molar-refractivity contribution in [3.05, 3.63) is 66.5 Å². The Morgan fingerprint density at radius 1 is 0.778 bits per heavy atom. The summed E-state index contributed by atoms with van der Waals surface area (Å²) >= 11 is 0. The highest BCUT2D eigenvalue weighted by atomic mass is 19.1. The van der Waals surface area contributed by atoms with Gasteiger partial charge in [-0.2, -0.15) is 0 Å². The SMILES string of the molecule is Nc1ccc(F)cc1-c1cccc2ccccc12. The Morgan fingerprint density at radius 2 is 1.56 bits per heavy atom. The summed E-state index contributed by atoms with van der Waals surface area (Å²) < 4.78 is 13.4. The lowest BCUT2D eigenvalue weighted by atomic mass is 9.97. The number of hydrogen-bond donors (Lipinski definition) is 1. The molecule has 0 aliphatic rings. The zero-order valence-corrected chi connectivity index (χ0v) is 9.73. The van der Waals surface area contributed by atoms with Crippen molar-refractivity contribution in [2.24, 2.45) is 0 Å². The molecule has 0 aliphatic carbocycles. The summed E-state index contributed by atoms with van der Waals surface area (Å²) in [6.07, 6.45) is 0. The minimum Gasteiger partial charge on any atom is -0.398 e. The van der Waals surface area contributed by atoms with Crippen molar-refractivity contribution in [1.82, 2.24) is 0 Å². The van der Waals surface area contributed by atoms with Gasteiger partial charge in [-0.3, -0.25) is 0 Å². The van der Waals surface area contributed by atoms with E-state index in [-0.39, 0.29) is 5.82 Å². The van der Waals surface area contributed by atoms with Gasteiger partial charge in [-0.15, -0.1) is 0 Å². The van der Waals surface area contributed by atoms with Crippen molar-refractivity contribution in [2.75, 3.05) is 5.73 Å². The molecule has 88 valence electrons. The van der Waals surface area contributed by atoms with E-state index in [9.17, 15) is 4.39 Å². The Morgan fingerprint density at radius 3 is 2.44 bits per heavy atom. The number of hydrogen-bond acceptors (Lipinski definition) is 1. The van der Waals surface area contributed by atoms with Crippen molar-refractivity contribution in [2.45, 2.75) is 0 Å². The molecule has 0 spiro atoms. The van der Waals surface area contributed by atoms with Crippen LogP contribution in [0.4, 0.5) is 10.1 Å². The van der Waals surface area contributed by atoms with Gasteiger partial charge < -0.3 is 5.73 Å². The first-order valence-electron chi connectivity index (χ1n) is 5.79. The number of rotatable bonds is 1. The van der Waals surface area contributed by atoms with Gasteiger partial charge >= 0.3 is 0 Å². The molecular formula is C16H12FN. The fourth-order valence-electron chi connectivity index (χ4n) is 2.22. The van der Waals surface area contributed by atoms with E-state index in [0.29, 0.717) is 5.69 Å². The van der Waals surface area contributed by atoms with Gasteiger partial charge in [0, 0.05) is 11.3 Å². The molecule has 0 aromatic heterocycles. The van der Waals surface area contributed by atoms with E-state index in [0.717, 1.165) is 21.9 Å². The predicted molar refractivity (Wildman–Crippen MR) is 73.8 cm³/mol. The fourth-order valence-corrected chi connectivity index (χ4v) is 2.22. The van der Waals surface area contributed by atoms with Crippen molar-refractivity contribution >= 4 is 16.5 Å². The molecule has 0 bridgehead atoms. The smallest absolute Gasteiger partial charge is 0.123 e. The van der Waals surface area contributed by atoms with Gasteiger partial charge in [0.2, 0.25) is 0 Å². The van der Waals surface area contributed by atoms with Crippen LogP contribution in [0.1, 0.15) is 0 Å². The van der Waals surface area contributed by atoms with Crippen molar-refractivity contribution in [3.8, 4) is 11.1 Å². The van der Waals surface area contributed by atoms with Gasteiger partial charge in [-0.05, 0) is 34.5 Å². The van der Waals surface area contributed by atoms with Crippen molar-refractivity contribution in [1.29, 1.82) is 0 Å². The molecule has 0 atom stereocenters. The summed E-state index contributed by atoms with van der Waals surface area (Å²) in [5.74, 6) is -0.271. The van der Waals surface area contributed by atoms with Gasteiger partial charge in [-0.1, -0.05) is 42.5 Å². The monoisotopic (exact) mass is 237 g/mol. The van der Waals surface area contributed by atoms with E-state index in [2.05, 4.69) is 0 Å². The zero-order valence-electron chi connectivity index (χ0n) is 9.73. The third kappa shape index (κ3) is 1.72. The summed E-state index contributed by atoms with van der Waals surface area (Å²) in [5, 5.41) is 2.20. The summed E-state index contributed by atoms with van der Waals surface area (Å²) in [7, 11) is 0. The first kappa shape index (κ1) is 10.8. The van der Waals surface area contributed by atoms with Crippen LogP contribution in [0.5, 0.6) is 0 Å².